The van der Waals surface area contributed by atoms with E-state index < -0.39 is 22.2 Å². The molecule has 108 valence electrons. The predicted molar refractivity (Wildman–Crippen MR) is 70.5 cm³/mol. The summed E-state index contributed by atoms with van der Waals surface area (Å²) in [6, 6.07) is -1.11. The van der Waals surface area contributed by atoms with Crippen LogP contribution in [0.15, 0.2) is 0 Å². The fourth-order valence-electron chi connectivity index (χ4n) is 1.37. The van der Waals surface area contributed by atoms with Crippen molar-refractivity contribution in [2.24, 2.45) is 0 Å². The maximum Gasteiger partial charge on any atom is 0.321 e. The summed E-state index contributed by atoms with van der Waals surface area (Å²) in [5.41, 5.74) is 0. The first-order chi connectivity index (χ1) is 8.35. The molecule has 1 atom stereocenters. The van der Waals surface area contributed by atoms with Gasteiger partial charge in [-0.3, -0.25) is 4.79 Å². The van der Waals surface area contributed by atoms with Crippen LogP contribution >= 0.6 is 0 Å². The smallest absolute Gasteiger partial charge is 0.321 e. The van der Waals surface area contributed by atoms with Gasteiger partial charge in [-0.05, 0) is 19.8 Å². The van der Waals surface area contributed by atoms with Crippen molar-refractivity contribution in [2.45, 2.75) is 52.5 Å². The number of aliphatic carboxylic acids is 1. The van der Waals surface area contributed by atoms with Crippen LogP contribution in [0.4, 0.5) is 0 Å². The number of carboxylic acid groups (broad SMARTS) is 1. The van der Waals surface area contributed by atoms with Gasteiger partial charge in [0.05, 0.1) is 0 Å². The van der Waals surface area contributed by atoms with Crippen LogP contribution in [0.25, 0.3) is 0 Å². The minimum absolute atomic E-state index is 0.429. The van der Waals surface area contributed by atoms with Crippen molar-refractivity contribution in [1.29, 1.82) is 0 Å². The average molecular weight is 280 g/mol. The topological polar surface area (TPSA) is 86.7 Å². The number of hydrogen-bond acceptors (Lipinski definition) is 3. The highest BCUT2D eigenvalue weighted by Gasteiger charge is 2.25. The van der Waals surface area contributed by atoms with Crippen LogP contribution in [-0.4, -0.2) is 42.9 Å². The highest BCUT2D eigenvalue weighted by atomic mass is 32.2. The zero-order valence-corrected chi connectivity index (χ0v) is 12.2. The highest BCUT2D eigenvalue weighted by molar-refractivity contribution is 7.87. The number of nitrogens with one attached hydrogen (secondary N) is 1. The number of unbranched alkanes of at least 4 members (excludes halogenated alkanes) is 2. The molecular weight excluding hydrogens is 256 g/mol. The van der Waals surface area contributed by atoms with E-state index in [9.17, 15) is 13.2 Å². The molecule has 0 fully saturated rings. The fourth-order valence-corrected chi connectivity index (χ4v) is 2.81. The summed E-state index contributed by atoms with van der Waals surface area (Å²) in [6.07, 6.45) is 3.33. The monoisotopic (exact) mass is 280 g/mol. The van der Waals surface area contributed by atoms with Gasteiger partial charge in [0.1, 0.15) is 6.04 Å². The molecule has 0 aliphatic carbocycles. The highest BCUT2D eigenvalue weighted by Crippen LogP contribution is 2.05. The molecule has 0 aromatic heterocycles. The van der Waals surface area contributed by atoms with Crippen LogP contribution in [0, 0.1) is 0 Å². The van der Waals surface area contributed by atoms with Gasteiger partial charge in [0.25, 0.3) is 10.2 Å². The second-order valence-corrected chi connectivity index (χ2v) is 5.99. The molecule has 0 amide bonds. The lowest BCUT2D eigenvalue weighted by Crippen LogP contribution is -2.47. The predicted octanol–water partition coefficient (Wildman–Crippen LogP) is 1.20. The number of rotatable bonds is 10. The first-order valence-corrected chi connectivity index (χ1v) is 7.79. The molecule has 7 heteroatoms. The van der Waals surface area contributed by atoms with Crippen LogP contribution in [0.3, 0.4) is 0 Å². The Bertz CT molecular complexity index is 335. The largest absolute Gasteiger partial charge is 0.480 e. The Labute approximate surface area is 110 Å². The molecule has 0 aromatic rings. The first kappa shape index (κ1) is 17.3. The van der Waals surface area contributed by atoms with E-state index >= 15 is 0 Å². The number of carboxylic acids is 1. The van der Waals surface area contributed by atoms with E-state index in [0.29, 0.717) is 13.1 Å². The summed E-state index contributed by atoms with van der Waals surface area (Å²) in [7, 11) is -3.71. The molecule has 18 heavy (non-hydrogen) atoms. The van der Waals surface area contributed by atoms with Crippen LogP contribution in [0.2, 0.25) is 0 Å². The quantitative estimate of drug-likeness (QED) is 0.629. The van der Waals surface area contributed by atoms with E-state index in [0.717, 1.165) is 25.7 Å². The zero-order chi connectivity index (χ0) is 14.2. The Balaban J connectivity index is 4.67. The van der Waals surface area contributed by atoms with E-state index in [2.05, 4.69) is 4.72 Å². The van der Waals surface area contributed by atoms with Gasteiger partial charge in [-0.1, -0.05) is 26.7 Å². The number of nitrogens with zero attached hydrogens (tertiary/aromatic N) is 1. The standard InChI is InChI=1S/C11H24N2O4S/c1-4-6-8-13(9-7-5-2)18(16,17)12-10(3)11(14)15/h10,12H,4-9H2,1-3H3,(H,14,15). The molecule has 0 radical (unpaired) electrons. The molecule has 0 aliphatic heterocycles. The second-order valence-electron chi connectivity index (χ2n) is 4.29. The first-order valence-electron chi connectivity index (χ1n) is 6.35. The molecule has 1 unspecified atom stereocenters. The Hall–Kier alpha value is -0.660. The van der Waals surface area contributed by atoms with Gasteiger partial charge >= 0.3 is 5.97 Å². The molecule has 0 saturated heterocycles. The Kier molecular flexibility index (Phi) is 8.13. The van der Waals surface area contributed by atoms with E-state index in [4.69, 9.17) is 5.11 Å². The summed E-state index contributed by atoms with van der Waals surface area (Å²) in [5.74, 6) is -1.18. The van der Waals surface area contributed by atoms with Crippen LogP contribution in [-0.2, 0) is 15.0 Å². The summed E-state index contributed by atoms with van der Waals surface area (Å²) in [4.78, 5) is 10.7. The van der Waals surface area contributed by atoms with Gasteiger partial charge in [0, 0.05) is 13.1 Å². The molecule has 0 rings (SSSR count). The van der Waals surface area contributed by atoms with Crippen molar-refractivity contribution in [3.8, 4) is 0 Å². The lowest BCUT2D eigenvalue weighted by atomic mass is 10.3. The lowest BCUT2D eigenvalue weighted by Gasteiger charge is -2.23. The third-order valence-corrected chi connectivity index (χ3v) is 4.25. The van der Waals surface area contributed by atoms with Crippen molar-refractivity contribution in [3.63, 3.8) is 0 Å². The molecular formula is C11H24N2O4S. The fraction of sp³-hybridized carbons (Fsp3) is 0.909. The van der Waals surface area contributed by atoms with Crippen molar-refractivity contribution in [3.05, 3.63) is 0 Å². The second kappa shape index (κ2) is 8.44. The van der Waals surface area contributed by atoms with Gasteiger partial charge in [-0.2, -0.15) is 17.4 Å². The summed E-state index contributed by atoms with van der Waals surface area (Å²) in [6.45, 7) is 6.14. The summed E-state index contributed by atoms with van der Waals surface area (Å²) in [5, 5.41) is 8.73. The third-order valence-electron chi connectivity index (χ3n) is 2.56. The van der Waals surface area contributed by atoms with Gasteiger partial charge < -0.3 is 5.11 Å². The molecule has 0 spiro atoms. The van der Waals surface area contributed by atoms with Crippen molar-refractivity contribution < 1.29 is 18.3 Å². The maximum atomic E-state index is 12.0. The van der Waals surface area contributed by atoms with Crippen LogP contribution < -0.4 is 4.72 Å². The Morgan fingerprint density at radius 2 is 1.67 bits per heavy atom. The van der Waals surface area contributed by atoms with Gasteiger partial charge in [0.2, 0.25) is 0 Å². The maximum absolute atomic E-state index is 12.0. The Morgan fingerprint density at radius 3 is 2.00 bits per heavy atom. The van der Waals surface area contributed by atoms with Crippen LogP contribution in [0.5, 0.6) is 0 Å². The molecule has 0 saturated carbocycles. The minimum atomic E-state index is -3.71. The molecule has 0 heterocycles. The summed E-state index contributed by atoms with van der Waals surface area (Å²) < 4.78 is 27.5. The lowest BCUT2D eigenvalue weighted by molar-refractivity contribution is -0.138. The van der Waals surface area contributed by atoms with Gasteiger partial charge in [-0.25, -0.2) is 0 Å². The number of hydrogen-bond donors (Lipinski definition) is 2. The average Bonchev–Trinajstić information content (AvgIpc) is 2.28. The van der Waals surface area contributed by atoms with Gasteiger partial charge in [0.15, 0.2) is 0 Å². The van der Waals surface area contributed by atoms with E-state index in [-0.39, 0.29) is 0 Å². The molecule has 0 bridgehead atoms. The van der Waals surface area contributed by atoms with Crippen molar-refractivity contribution >= 4 is 16.2 Å². The number of carbonyl (C=O) groups is 1. The van der Waals surface area contributed by atoms with Crippen molar-refractivity contribution in [2.75, 3.05) is 13.1 Å². The molecule has 0 aliphatic rings. The van der Waals surface area contributed by atoms with Crippen molar-refractivity contribution in [1.82, 2.24) is 9.03 Å². The SMILES string of the molecule is CCCCN(CCCC)S(=O)(=O)NC(C)C(=O)O. The Morgan fingerprint density at radius 1 is 1.22 bits per heavy atom. The third kappa shape index (κ3) is 6.32. The van der Waals surface area contributed by atoms with E-state index in [1.165, 1.54) is 11.2 Å². The zero-order valence-electron chi connectivity index (χ0n) is 11.3. The minimum Gasteiger partial charge on any atom is -0.480 e. The van der Waals surface area contributed by atoms with E-state index in [1.54, 1.807) is 0 Å². The molecule has 2 N–H and O–H groups in total. The van der Waals surface area contributed by atoms with E-state index in [1.807, 2.05) is 13.8 Å². The summed E-state index contributed by atoms with van der Waals surface area (Å²) >= 11 is 0. The van der Waals surface area contributed by atoms with Gasteiger partial charge in [-0.15, -0.1) is 0 Å². The van der Waals surface area contributed by atoms with Crippen LogP contribution in [0.1, 0.15) is 46.5 Å². The molecule has 6 nitrogen and oxygen atoms in total. The molecule has 0 aromatic carbocycles. The normalized spacial score (nSPS) is 13.8.